The molecule has 1 saturated heterocycles. The van der Waals surface area contributed by atoms with E-state index in [1.165, 1.54) is 11.2 Å². The van der Waals surface area contributed by atoms with E-state index in [0.29, 0.717) is 26.2 Å². The highest BCUT2D eigenvalue weighted by atomic mass is 16.6. The van der Waals surface area contributed by atoms with Crippen molar-refractivity contribution in [3.8, 4) is 0 Å². The fraction of sp³-hybridized carbons (Fsp3) is 0.667. The van der Waals surface area contributed by atoms with Gasteiger partial charge in [0, 0.05) is 6.54 Å². The van der Waals surface area contributed by atoms with Crippen LogP contribution in [0.1, 0.15) is 26.2 Å². The molecule has 2 aliphatic rings. The number of ether oxygens (including phenoxy) is 2. The van der Waals surface area contributed by atoms with Crippen LogP contribution in [0.5, 0.6) is 0 Å². The molecule has 2 heterocycles. The lowest BCUT2D eigenvalue weighted by atomic mass is 9.88. The number of carboxylic acids is 1. The Kier molecular flexibility index (Phi) is 3.45. The lowest BCUT2D eigenvalue weighted by Gasteiger charge is -2.41. The van der Waals surface area contributed by atoms with Crippen LogP contribution in [-0.2, 0) is 19.1 Å². The zero-order chi connectivity index (χ0) is 13.2. The van der Waals surface area contributed by atoms with E-state index in [-0.39, 0.29) is 5.76 Å². The van der Waals surface area contributed by atoms with E-state index in [1.807, 2.05) is 0 Å². The third-order valence-corrected chi connectivity index (χ3v) is 3.46. The predicted molar refractivity (Wildman–Crippen MR) is 61.6 cm³/mol. The monoisotopic (exact) mass is 255 g/mol. The van der Waals surface area contributed by atoms with Gasteiger partial charge in [-0.15, -0.1) is 0 Å². The Morgan fingerprint density at radius 1 is 1.39 bits per heavy atom. The zero-order valence-electron chi connectivity index (χ0n) is 10.3. The van der Waals surface area contributed by atoms with Crippen molar-refractivity contribution in [2.24, 2.45) is 0 Å². The number of carbonyl (C=O) groups is 2. The van der Waals surface area contributed by atoms with Crippen LogP contribution in [0.3, 0.4) is 0 Å². The van der Waals surface area contributed by atoms with Gasteiger partial charge in [0.25, 0.3) is 5.91 Å². The topological polar surface area (TPSA) is 76.1 Å². The molecule has 1 amide bonds. The lowest BCUT2D eigenvalue weighted by molar-refractivity contribution is -0.161. The number of likely N-dealkylation sites (tertiary alicyclic amines) is 1. The minimum absolute atomic E-state index is 0.0932. The van der Waals surface area contributed by atoms with Crippen LogP contribution in [0.15, 0.2) is 12.0 Å². The number of hydrogen-bond donors (Lipinski definition) is 1. The maximum absolute atomic E-state index is 12.3. The number of nitrogens with zero attached hydrogens (tertiary/aromatic N) is 1. The Hall–Kier alpha value is -1.72. The second-order valence-corrected chi connectivity index (χ2v) is 4.69. The zero-order valence-corrected chi connectivity index (χ0v) is 10.3. The van der Waals surface area contributed by atoms with Gasteiger partial charge in [-0.3, -0.25) is 4.79 Å². The van der Waals surface area contributed by atoms with Crippen LogP contribution >= 0.6 is 0 Å². The minimum Gasteiger partial charge on any atom is -0.494 e. The summed E-state index contributed by atoms with van der Waals surface area (Å²) in [6.07, 6.45) is 3.34. The first kappa shape index (κ1) is 12.7. The number of hydrogen-bond acceptors (Lipinski definition) is 4. The van der Waals surface area contributed by atoms with Crippen LogP contribution in [0.4, 0.5) is 0 Å². The van der Waals surface area contributed by atoms with Crippen LogP contribution in [0.2, 0.25) is 0 Å². The van der Waals surface area contributed by atoms with Crippen molar-refractivity contribution in [2.75, 3.05) is 19.8 Å². The SMILES string of the molecule is CC1(C(=O)O)CCCCN1C(=O)C1=COCCO1. The maximum Gasteiger partial charge on any atom is 0.329 e. The molecule has 1 fully saturated rings. The van der Waals surface area contributed by atoms with Crippen LogP contribution in [0.25, 0.3) is 0 Å². The van der Waals surface area contributed by atoms with E-state index < -0.39 is 17.4 Å². The van der Waals surface area contributed by atoms with Gasteiger partial charge in [0.05, 0.1) is 0 Å². The molecule has 0 bridgehead atoms. The standard InChI is InChI=1S/C12H17NO5/c1-12(11(15)16)4-2-3-5-13(12)10(14)9-8-17-6-7-18-9/h8H,2-7H2,1H3,(H,15,16). The third-order valence-electron chi connectivity index (χ3n) is 3.46. The van der Waals surface area contributed by atoms with Crippen molar-refractivity contribution in [2.45, 2.75) is 31.7 Å². The summed E-state index contributed by atoms with van der Waals surface area (Å²) in [7, 11) is 0. The van der Waals surface area contributed by atoms with Crippen LogP contribution in [-0.4, -0.2) is 47.2 Å². The van der Waals surface area contributed by atoms with Gasteiger partial charge < -0.3 is 19.5 Å². The largest absolute Gasteiger partial charge is 0.494 e. The van der Waals surface area contributed by atoms with E-state index in [1.54, 1.807) is 6.92 Å². The molecule has 0 aliphatic carbocycles. The number of rotatable bonds is 2. The molecule has 1 unspecified atom stereocenters. The number of carbonyl (C=O) groups excluding carboxylic acids is 1. The Morgan fingerprint density at radius 3 is 2.78 bits per heavy atom. The van der Waals surface area contributed by atoms with E-state index in [0.717, 1.165) is 12.8 Å². The summed E-state index contributed by atoms with van der Waals surface area (Å²) < 4.78 is 10.3. The number of amides is 1. The highest BCUT2D eigenvalue weighted by Gasteiger charge is 2.45. The quantitative estimate of drug-likeness (QED) is 0.787. The first-order chi connectivity index (χ1) is 8.55. The van der Waals surface area contributed by atoms with Crippen LogP contribution in [0, 0.1) is 0 Å². The maximum atomic E-state index is 12.3. The summed E-state index contributed by atoms with van der Waals surface area (Å²) in [5.74, 6) is -1.29. The Bertz CT molecular complexity index is 392. The van der Waals surface area contributed by atoms with Crippen molar-refractivity contribution >= 4 is 11.9 Å². The summed E-state index contributed by atoms with van der Waals surface area (Å²) >= 11 is 0. The smallest absolute Gasteiger partial charge is 0.329 e. The van der Waals surface area contributed by atoms with Crippen molar-refractivity contribution in [3.05, 3.63) is 12.0 Å². The summed E-state index contributed by atoms with van der Waals surface area (Å²) in [6.45, 7) is 2.74. The molecule has 2 aliphatic heterocycles. The van der Waals surface area contributed by atoms with Gasteiger partial charge in [-0.2, -0.15) is 0 Å². The summed E-state index contributed by atoms with van der Waals surface area (Å²) in [6, 6.07) is 0. The third kappa shape index (κ3) is 2.14. The fourth-order valence-corrected chi connectivity index (χ4v) is 2.28. The first-order valence-corrected chi connectivity index (χ1v) is 6.05. The van der Waals surface area contributed by atoms with Gasteiger partial charge >= 0.3 is 5.97 Å². The summed E-state index contributed by atoms with van der Waals surface area (Å²) in [4.78, 5) is 25.0. The predicted octanol–water partition coefficient (Wildman–Crippen LogP) is 0.730. The molecule has 0 aromatic heterocycles. The molecule has 0 radical (unpaired) electrons. The van der Waals surface area contributed by atoms with Gasteiger partial charge in [-0.05, 0) is 26.2 Å². The molecule has 6 nitrogen and oxygen atoms in total. The highest BCUT2D eigenvalue weighted by molar-refractivity contribution is 5.95. The van der Waals surface area contributed by atoms with E-state index in [2.05, 4.69) is 0 Å². The Labute approximate surface area is 105 Å². The average molecular weight is 255 g/mol. The molecule has 0 aromatic rings. The molecule has 100 valence electrons. The van der Waals surface area contributed by atoms with Crippen molar-refractivity contribution < 1.29 is 24.2 Å². The van der Waals surface area contributed by atoms with Gasteiger partial charge in [0.1, 0.15) is 25.0 Å². The number of aliphatic carboxylic acids is 1. The van der Waals surface area contributed by atoms with E-state index >= 15 is 0 Å². The van der Waals surface area contributed by atoms with Gasteiger partial charge in [0.2, 0.25) is 5.76 Å². The second-order valence-electron chi connectivity index (χ2n) is 4.69. The number of carboxylic acid groups (broad SMARTS) is 1. The van der Waals surface area contributed by atoms with E-state index in [9.17, 15) is 14.7 Å². The summed E-state index contributed by atoms with van der Waals surface area (Å²) in [5.41, 5.74) is -1.16. The molecule has 0 saturated carbocycles. The molecular weight excluding hydrogens is 238 g/mol. The van der Waals surface area contributed by atoms with Crippen molar-refractivity contribution in [1.29, 1.82) is 0 Å². The lowest BCUT2D eigenvalue weighted by Crippen LogP contribution is -2.58. The van der Waals surface area contributed by atoms with Crippen molar-refractivity contribution in [1.82, 2.24) is 4.90 Å². The minimum atomic E-state index is -1.16. The fourth-order valence-electron chi connectivity index (χ4n) is 2.28. The molecular formula is C12H17NO5. The highest BCUT2D eigenvalue weighted by Crippen LogP contribution is 2.30. The van der Waals surface area contributed by atoms with Gasteiger partial charge in [-0.1, -0.05) is 0 Å². The number of piperidine rings is 1. The Balaban J connectivity index is 2.21. The van der Waals surface area contributed by atoms with Crippen molar-refractivity contribution in [3.63, 3.8) is 0 Å². The molecule has 0 spiro atoms. The normalized spacial score (nSPS) is 27.8. The molecule has 18 heavy (non-hydrogen) atoms. The molecule has 1 atom stereocenters. The Morgan fingerprint density at radius 2 is 2.17 bits per heavy atom. The second kappa shape index (κ2) is 4.88. The average Bonchev–Trinajstić information content (AvgIpc) is 2.39. The first-order valence-electron chi connectivity index (χ1n) is 6.05. The molecule has 1 N–H and O–H groups in total. The molecule has 0 aromatic carbocycles. The molecule has 2 rings (SSSR count). The summed E-state index contributed by atoms with van der Waals surface area (Å²) in [5, 5.41) is 9.33. The van der Waals surface area contributed by atoms with Gasteiger partial charge in [0.15, 0.2) is 0 Å². The van der Waals surface area contributed by atoms with E-state index in [4.69, 9.17) is 9.47 Å². The van der Waals surface area contributed by atoms with Gasteiger partial charge in [-0.25, -0.2) is 4.79 Å². The molecule has 6 heteroatoms. The van der Waals surface area contributed by atoms with Crippen LogP contribution < -0.4 is 0 Å².